The minimum Gasteiger partial charge on any atom is -0.352 e. The zero-order valence-electron chi connectivity index (χ0n) is 14.1. The van der Waals surface area contributed by atoms with Crippen molar-refractivity contribution >= 4 is 29.9 Å². The van der Waals surface area contributed by atoms with E-state index in [1.54, 1.807) is 31.2 Å². The molecule has 0 radical (unpaired) electrons. The van der Waals surface area contributed by atoms with Crippen molar-refractivity contribution < 1.29 is 9.59 Å². The van der Waals surface area contributed by atoms with Gasteiger partial charge in [-0.2, -0.15) is 0 Å². The molecule has 1 heterocycles. The predicted octanol–water partition coefficient (Wildman–Crippen LogP) is 1.48. The quantitative estimate of drug-likeness (QED) is 0.648. The Morgan fingerprint density at radius 2 is 2.00 bits per heavy atom. The summed E-state index contributed by atoms with van der Waals surface area (Å²) in [5.41, 5.74) is 1.23. The number of nitrogens with one attached hydrogen (secondary N) is 3. The van der Waals surface area contributed by atoms with Gasteiger partial charge in [-0.25, -0.2) is 0 Å². The molecule has 0 atom stereocenters. The van der Waals surface area contributed by atoms with E-state index in [0.717, 1.165) is 39.1 Å². The molecule has 24 heavy (non-hydrogen) atoms. The van der Waals surface area contributed by atoms with Crippen molar-refractivity contribution in [3.8, 4) is 0 Å². The molecule has 1 saturated heterocycles. The van der Waals surface area contributed by atoms with Gasteiger partial charge < -0.3 is 20.9 Å². The van der Waals surface area contributed by atoms with E-state index in [2.05, 4.69) is 20.9 Å². The number of carbonyl (C=O) groups is 2. The van der Waals surface area contributed by atoms with Gasteiger partial charge in [-0.15, -0.1) is 12.4 Å². The number of halogens is 1. The maximum absolute atomic E-state index is 12.2. The van der Waals surface area contributed by atoms with Crippen molar-refractivity contribution in [3.63, 3.8) is 0 Å². The molecule has 1 aromatic carbocycles. The smallest absolute Gasteiger partial charge is 0.251 e. The van der Waals surface area contributed by atoms with E-state index >= 15 is 0 Å². The lowest BCUT2D eigenvalue weighted by Crippen LogP contribution is -2.44. The van der Waals surface area contributed by atoms with E-state index in [4.69, 9.17) is 0 Å². The van der Waals surface area contributed by atoms with Crippen molar-refractivity contribution in [2.24, 2.45) is 0 Å². The van der Waals surface area contributed by atoms with Gasteiger partial charge in [-0.3, -0.25) is 9.59 Å². The first-order valence-corrected chi connectivity index (χ1v) is 8.30. The summed E-state index contributed by atoms with van der Waals surface area (Å²) in [6.45, 7) is 7.71. The van der Waals surface area contributed by atoms with E-state index < -0.39 is 0 Å². The normalized spacial score (nSPS) is 14.5. The molecule has 3 N–H and O–H groups in total. The standard InChI is InChI=1S/C17H26N4O2.ClH/c1-2-16(22)20-15-6-3-5-14(13-15)17(23)19-7-4-10-21-11-8-18-9-12-21;/h3,5-6,13,18H,2,4,7-12H2,1H3,(H,19,23)(H,20,22);1H. The second-order valence-corrected chi connectivity index (χ2v) is 5.68. The van der Waals surface area contributed by atoms with Crippen LogP contribution in [0.1, 0.15) is 30.1 Å². The van der Waals surface area contributed by atoms with Crippen LogP contribution in [0.15, 0.2) is 24.3 Å². The summed E-state index contributed by atoms with van der Waals surface area (Å²) >= 11 is 0. The summed E-state index contributed by atoms with van der Waals surface area (Å²) in [6, 6.07) is 7.03. The van der Waals surface area contributed by atoms with Crippen molar-refractivity contribution in [2.45, 2.75) is 19.8 Å². The molecule has 0 bridgehead atoms. The highest BCUT2D eigenvalue weighted by Gasteiger charge is 2.10. The second-order valence-electron chi connectivity index (χ2n) is 5.68. The van der Waals surface area contributed by atoms with Crippen LogP contribution >= 0.6 is 12.4 Å². The third-order valence-corrected chi connectivity index (χ3v) is 3.88. The van der Waals surface area contributed by atoms with Crippen molar-refractivity contribution in [1.29, 1.82) is 0 Å². The lowest BCUT2D eigenvalue weighted by Gasteiger charge is -2.27. The third-order valence-electron chi connectivity index (χ3n) is 3.88. The lowest BCUT2D eigenvalue weighted by atomic mass is 10.2. The molecule has 0 saturated carbocycles. The molecule has 134 valence electrons. The number of hydrogen-bond donors (Lipinski definition) is 3. The first-order chi connectivity index (χ1) is 11.2. The molecule has 2 rings (SSSR count). The Labute approximate surface area is 149 Å². The number of piperazine rings is 1. The van der Waals surface area contributed by atoms with Gasteiger partial charge in [0.15, 0.2) is 0 Å². The van der Waals surface area contributed by atoms with Crippen molar-refractivity contribution in [2.75, 3.05) is 44.6 Å². The molecule has 1 aliphatic rings. The fraction of sp³-hybridized carbons (Fsp3) is 0.529. The van der Waals surface area contributed by atoms with Gasteiger partial charge >= 0.3 is 0 Å². The fourth-order valence-electron chi connectivity index (χ4n) is 2.53. The van der Waals surface area contributed by atoms with E-state index in [1.807, 2.05) is 0 Å². The van der Waals surface area contributed by atoms with E-state index in [9.17, 15) is 9.59 Å². The predicted molar refractivity (Wildman–Crippen MR) is 98.9 cm³/mol. The van der Waals surface area contributed by atoms with Crippen LogP contribution < -0.4 is 16.0 Å². The van der Waals surface area contributed by atoms with Crippen LogP contribution in [-0.2, 0) is 4.79 Å². The van der Waals surface area contributed by atoms with Gasteiger partial charge in [0.1, 0.15) is 0 Å². The largest absolute Gasteiger partial charge is 0.352 e. The summed E-state index contributed by atoms with van der Waals surface area (Å²) in [4.78, 5) is 26.0. The zero-order valence-corrected chi connectivity index (χ0v) is 15.0. The van der Waals surface area contributed by atoms with Crippen LogP contribution in [-0.4, -0.2) is 56.0 Å². The number of carbonyl (C=O) groups excluding carboxylic acids is 2. The minimum atomic E-state index is -0.0992. The summed E-state index contributed by atoms with van der Waals surface area (Å²) < 4.78 is 0. The molecule has 7 heteroatoms. The molecule has 1 fully saturated rings. The van der Waals surface area contributed by atoms with Gasteiger partial charge in [0, 0.05) is 50.4 Å². The number of anilines is 1. The Morgan fingerprint density at radius 3 is 2.71 bits per heavy atom. The Kier molecular flexibility index (Phi) is 9.37. The minimum absolute atomic E-state index is 0. The average molecular weight is 355 g/mol. The highest BCUT2D eigenvalue weighted by atomic mass is 35.5. The van der Waals surface area contributed by atoms with Crippen LogP contribution in [0, 0.1) is 0 Å². The molecule has 0 aromatic heterocycles. The van der Waals surface area contributed by atoms with Gasteiger partial charge in [-0.05, 0) is 31.2 Å². The highest BCUT2D eigenvalue weighted by Crippen LogP contribution is 2.11. The van der Waals surface area contributed by atoms with E-state index in [0.29, 0.717) is 24.2 Å². The Bertz CT molecular complexity index is 533. The van der Waals surface area contributed by atoms with E-state index in [1.165, 1.54) is 0 Å². The number of rotatable bonds is 7. The van der Waals surface area contributed by atoms with Crippen LogP contribution in [0.4, 0.5) is 5.69 Å². The molecule has 0 unspecified atom stereocenters. The summed E-state index contributed by atoms with van der Waals surface area (Å²) in [6.07, 6.45) is 1.36. The first-order valence-electron chi connectivity index (χ1n) is 8.30. The SMILES string of the molecule is CCC(=O)Nc1cccc(C(=O)NCCCN2CCNCC2)c1.Cl. The molecule has 1 aliphatic heterocycles. The molecule has 1 aromatic rings. The third kappa shape index (κ3) is 6.86. The van der Waals surface area contributed by atoms with Gasteiger partial charge in [0.25, 0.3) is 5.91 Å². The van der Waals surface area contributed by atoms with E-state index in [-0.39, 0.29) is 24.2 Å². The monoisotopic (exact) mass is 354 g/mol. The maximum atomic E-state index is 12.2. The van der Waals surface area contributed by atoms with Crippen LogP contribution in [0.2, 0.25) is 0 Å². The topological polar surface area (TPSA) is 73.5 Å². The molecular formula is C17H27ClN4O2. The lowest BCUT2D eigenvalue weighted by molar-refractivity contribution is -0.115. The van der Waals surface area contributed by atoms with Crippen LogP contribution in [0.5, 0.6) is 0 Å². The molecule has 0 aliphatic carbocycles. The fourth-order valence-corrected chi connectivity index (χ4v) is 2.53. The summed E-state index contributed by atoms with van der Waals surface area (Å²) in [5.74, 6) is -0.156. The maximum Gasteiger partial charge on any atom is 0.251 e. The van der Waals surface area contributed by atoms with Crippen molar-refractivity contribution in [1.82, 2.24) is 15.5 Å². The summed E-state index contributed by atoms with van der Waals surface area (Å²) in [7, 11) is 0. The zero-order chi connectivity index (χ0) is 16.5. The second kappa shape index (κ2) is 11.0. The number of amides is 2. The van der Waals surface area contributed by atoms with Crippen molar-refractivity contribution in [3.05, 3.63) is 29.8 Å². The molecular weight excluding hydrogens is 328 g/mol. The Morgan fingerprint density at radius 1 is 1.25 bits per heavy atom. The van der Waals surface area contributed by atoms with Crippen LogP contribution in [0.3, 0.4) is 0 Å². The molecule has 6 nitrogen and oxygen atoms in total. The highest BCUT2D eigenvalue weighted by molar-refractivity contribution is 5.97. The van der Waals surface area contributed by atoms with Crippen LogP contribution in [0.25, 0.3) is 0 Å². The first kappa shape index (κ1) is 20.4. The van der Waals surface area contributed by atoms with Gasteiger partial charge in [0.05, 0.1) is 0 Å². The average Bonchev–Trinajstić information content (AvgIpc) is 2.59. The Hall–Kier alpha value is -1.63. The number of nitrogens with zero attached hydrogens (tertiary/aromatic N) is 1. The molecule has 0 spiro atoms. The number of hydrogen-bond acceptors (Lipinski definition) is 4. The van der Waals surface area contributed by atoms with Gasteiger partial charge in [0.2, 0.25) is 5.91 Å². The number of benzene rings is 1. The molecule has 2 amide bonds. The Balaban J connectivity index is 0.00000288. The summed E-state index contributed by atoms with van der Waals surface area (Å²) in [5, 5.41) is 9.03. The van der Waals surface area contributed by atoms with Gasteiger partial charge in [-0.1, -0.05) is 13.0 Å².